The Morgan fingerprint density at radius 2 is 2.47 bits per heavy atom. The largest absolute Gasteiger partial charge is 0.385 e. The van der Waals surface area contributed by atoms with Crippen LogP contribution >= 0.6 is 11.3 Å². The number of thiophene rings is 1. The minimum absolute atomic E-state index is 0.105. The van der Waals surface area contributed by atoms with E-state index in [1.54, 1.807) is 18.4 Å². The van der Waals surface area contributed by atoms with E-state index in [4.69, 9.17) is 10.5 Å². The lowest BCUT2D eigenvalue weighted by Gasteiger charge is -2.06. The van der Waals surface area contributed by atoms with Crippen molar-refractivity contribution < 1.29 is 4.74 Å². The molecule has 0 bridgehead atoms. The molecule has 0 saturated carbocycles. The van der Waals surface area contributed by atoms with Crippen LogP contribution in [0.4, 0.5) is 0 Å². The van der Waals surface area contributed by atoms with E-state index in [9.17, 15) is 0 Å². The highest BCUT2D eigenvalue weighted by Crippen LogP contribution is 2.22. The lowest BCUT2D eigenvalue weighted by Crippen LogP contribution is -2.12. The maximum absolute atomic E-state index is 6.02. The molecule has 0 saturated heterocycles. The monoisotopic (exact) mass is 252 g/mol. The molecular weight excluding hydrogens is 236 g/mol. The van der Waals surface area contributed by atoms with E-state index in [1.807, 2.05) is 17.5 Å². The Labute approximate surface area is 104 Å². The minimum Gasteiger partial charge on any atom is -0.385 e. The molecule has 5 nitrogen and oxygen atoms in total. The van der Waals surface area contributed by atoms with Gasteiger partial charge in [-0.05, 0) is 24.3 Å². The summed E-state index contributed by atoms with van der Waals surface area (Å²) in [6.07, 6.45) is 1.76. The molecule has 0 aliphatic heterocycles. The van der Waals surface area contributed by atoms with E-state index in [1.165, 1.54) is 0 Å². The smallest absolute Gasteiger partial charge is 0.191 e. The van der Waals surface area contributed by atoms with Crippen LogP contribution in [-0.2, 0) is 4.74 Å². The first-order valence-electron chi connectivity index (χ1n) is 5.52. The van der Waals surface area contributed by atoms with Crippen molar-refractivity contribution in [3.05, 3.63) is 23.3 Å². The lowest BCUT2D eigenvalue weighted by atomic mass is 10.1. The molecule has 3 N–H and O–H groups in total. The molecule has 0 fully saturated rings. The van der Waals surface area contributed by atoms with E-state index in [0.29, 0.717) is 0 Å². The average molecular weight is 252 g/mol. The molecule has 2 rings (SSSR count). The number of hydrogen-bond donors (Lipinski definition) is 2. The van der Waals surface area contributed by atoms with Crippen LogP contribution in [0.25, 0.3) is 10.7 Å². The molecule has 1 unspecified atom stereocenters. The summed E-state index contributed by atoms with van der Waals surface area (Å²) in [5.74, 6) is 1.46. The number of nitrogens with two attached hydrogens (primary N) is 1. The van der Waals surface area contributed by atoms with Crippen molar-refractivity contribution in [1.29, 1.82) is 0 Å². The Balaban J connectivity index is 1.98. The standard InChI is InChI=1S/C11H16N4OS/c1-16-6-2-4-8(12)10-13-11(15-14-10)9-5-3-7-17-9/h3,5,7-8H,2,4,6,12H2,1H3,(H,13,14,15). The number of nitrogens with zero attached hydrogens (tertiary/aromatic N) is 2. The van der Waals surface area contributed by atoms with Gasteiger partial charge in [0.2, 0.25) is 0 Å². The zero-order chi connectivity index (χ0) is 12.1. The van der Waals surface area contributed by atoms with Crippen molar-refractivity contribution in [3.63, 3.8) is 0 Å². The van der Waals surface area contributed by atoms with E-state index in [-0.39, 0.29) is 6.04 Å². The third kappa shape index (κ3) is 3.12. The van der Waals surface area contributed by atoms with Crippen LogP contribution < -0.4 is 5.73 Å². The second-order valence-corrected chi connectivity index (χ2v) is 4.71. The molecule has 0 radical (unpaired) electrons. The molecule has 1 atom stereocenters. The van der Waals surface area contributed by atoms with E-state index < -0.39 is 0 Å². The summed E-state index contributed by atoms with van der Waals surface area (Å²) < 4.78 is 4.99. The van der Waals surface area contributed by atoms with Crippen molar-refractivity contribution in [3.8, 4) is 10.7 Å². The molecule has 92 valence electrons. The number of H-pyrrole nitrogens is 1. The van der Waals surface area contributed by atoms with Gasteiger partial charge in [0, 0.05) is 13.7 Å². The van der Waals surface area contributed by atoms with Crippen molar-refractivity contribution >= 4 is 11.3 Å². The summed E-state index contributed by atoms with van der Waals surface area (Å²) in [6, 6.07) is 3.87. The number of nitrogens with one attached hydrogen (secondary N) is 1. The average Bonchev–Trinajstić information content (AvgIpc) is 3.00. The molecule has 6 heteroatoms. The first kappa shape index (κ1) is 12.2. The molecule has 0 aromatic carbocycles. The molecule has 0 amide bonds. The molecule has 2 heterocycles. The maximum Gasteiger partial charge on any atom is 0.191 e. The van der Waals surface area contributed by atoms with Crippen molar-refractivity contribution in [2.45, 2.75) is 18.9 Å². The van der Waals surface area contributed by atoms with Crippen LogP contribution in [0.15, 0.2) is 17.5 Å². The highest BCUT2D eigenvalue weighted by molar-refractivity contribution is 7.13. The van der Waals surface area contributed by atoms with Gasteiger partial charge in [0.25, 0.3) is 0 Å². The van der Waals surface area contributed by atoms with Crippen LogP contribution in [0.2, 0.25) is 0 Å². The molecule has 2 aromatic heterocycles. The molecule has 0 spiro atoms. The van der Waals surface area contributed by atoms with Gasteiger partial charge >= 0.3 is 0 Å². The fraction of sp³-hybridized carbons (Fsp3) is 0.455. The number of hydrogen-bond acceptors (Lipinski definition) is 5. The molecular formula is C11H16N4OS. The minimum atomic E-state index is -0.105. The fourth-order valence-electron chi connectivity index (χ4n) is 1.54. The fourth-order valence-corrected chi connectivity index (χ4v) is 2.20. The van der Waals surface area contributed by atoms with E-state index in [2.05, 4.69) is 15.2 Å². The van der Waals surface area contributed by atoms with Crippen LogP contribution in [-0.4, -0.2) is 28.9 Å². The van der Waals surface area contributed by atoms with Gasteiger partial charge in [0.15, 0.2) is 5.82 Å². The maximum atomic E-state index is 6.02. The van der Waals surface area contributed by atoms with Gasteiger partial charge in [0.05, 0.1) is 10.9 Å². The number of methoxy groups -OCH3 is 1. The van der Waals surface area contributed by atoms with E-state index >= 15 is 0 Å². The Kier molecular flexibility index (Phi) is 4.24. The van der Waals surface area contributed by atoms with Gasteiger partial charge in [-0.2, -0.15) is 5.10 Å². The van der Waals surface area contributed by atoms with Gasteiger partial charge in [-0.15, -0.1) is 11.3 Å². The Morgan fingerprint density at radius 3 is 3.18 bits per heavy atom. The van der Waals surface area contributed by atoms with Crippen molar-refractivity contribution in [2.75, 3.05) is 13.7 Å². The second kappa shape index (κ2) is 5.90. The SMILES string of the molecule is COCCCC(N)c1nc(-c2cccs2)n[nH]1. The van der Waals surface area contributed by atoms with Gasteiger partial charge in [-0.25, -0.2) is 4.98 Å². The highest BCUT2D eigenvalue weighted by Gasteiger charge is 2.12. The Hall–Kier alpha value is -1.24. The predicted octanol–water partition coefficient (Wildman–Crippen LogP) is 1.96. The number of aromatic nitrogens is 3. The normalized spacial score (nSPS) is 12.8. The summed E-state index contributed by atoms with van der Waals surface area (Å²) in [5, 5.41) is 9.08. The number of aromatic amines is 1. The molecule has 2 aromatic rings. The third-order valence-corrected chi connectivity index (χ3v) is 3.32. The Bertz CT molecular complexity index is 440. The quantitative estimate of drug-likeness (QED) is 0.770. The number of rotatable bonds is 6. The van der Waals surface area contributed by atoms with Crippen molar-refractivity contribution in [2.24, 2.45) is 5.73 Å². The first-order chi connectivity index (χ1) is 8.31. The zero-order valence-corrected chi connectivity index (χ0v) is 10.5. The summed E-state index contributed by atoms with van der Waals surface area (Å²) in [6.45, 7) is 0.722. The van der Waals surface area contributed by atoms with Gasteiger partial charge in [-0.3, -0.25) is 5.10 Å². The van der Waals surface area contributed by atoms with Crippen LogP contribution in [0, 0.1) is 0 Å². The van der Waals surface area contributed by atoms with Crippen molar-refractivity contribution in [1.82, 2.24) is 15.2 Å². The lowest BCUT2D eigenvalue weighted by molar-refractivity contribution is 0.190. The Morgan fingerprint density at radius 1 is 1.59 bits per heavy atom. The predicted molar refractivity (Wildman–Crippen MR) is 67.7 cm³/mol. The number of ether oxygens (including phenoxy) is 1. The molecule has 0 aliphatic carbocycles. The summed E-state index contributed by atoms with van der Waals surface area (Å²) in [5.41, 5.74) is 6.02. The summed E-state index contributed by atoms with van der Waals surface area (Å²) >= 11 is 1.62. The van der Waals surface area contributed by atoms with Crippen LogP contribution in [0.3, 0.4) is 0 Å². The van der Waals surface area contributed by atoms with Crippen LogP contribution in [0.5, 0.6) is 0 Å². The summed E-state index contributed by atoms with van der Waals surface area (Å²) in [7, 11) is 1.69. The summed E-state index contributed by atoms with van der Waals surface area (Å²) in [4.78, 5) is 5.46. The third-order valence-electron chi connectivity index (χ3n) is 2.46. The van der Waals surface area contributed by atoms with E-state index in [0.717, 1.165) is 36.0 Å². The zero-order valence-electron chi connectivity index (χ0n) is 9.72. The van der Waals surface area contributed by atoms with Gasteiger partial charge < -0.3 is 10.5 Å². The first-order valence-corrected chi connectivity index (χ1v) is 6.40. The topological polar surface area (TPSA) is 76.8 Å². The highest BCUT2D eigenvalue weighted by atomic mass is 32.1. The van der Waals surface area contributed by atoms with Gasteiger partial charge in [-0.1, -0.05) is 6.07 Å². The van der Waals surface area contributed by atoms with Crippen LogP contribution in [0.1, 0.15) is 24.7 Å². The van der Waals surface area contributed by atoms with Gasteiger partial charge in [0.1, 0.15) is 5.82 Å². The molecule has 17 heavy (non-hydrogen) atoms. The molecule has 0 aliphatic rings. The second-order valence-electron chi connectivity index (χ2n) is 3.76.